The van der Waals surface area contributed by atoms with Gasteiger partial charge in [-0.25, -0.2) is 9.18 Å². The number of para-hydroxylation sites is 1. The lowest BCUT2D eigenvalue weighted by molar-refractivity contribution is 0.0919. The van der Waals surface area contributed by atoms with Crippen molar-refractivity contribution in [2.24, 2.45) is 5.92 Å². The Morgan fingerprint density at radius 1 is 1.11 bits per heavy atom. The molecular formula is C27H27ClFN5O2. The molecule has 0 bridgehead atoms. The number of halogens is 2. The van der Waals surface area contributed by atoms with Crippen LogP contribution in [0.15, 0.2) is 53.6 Å². The Hall–Kier alpha value is -3.52. The van der Waals surface area contributed by atoms with Gasteiger partial charge < -0.3 is 5.32 Å². The maximum atomic E-state index is 14.9. The van der Waals surface area contributed by atoms with Gasteiger partial charge in [-0.3, -0.25) is 23.9 Å². The van der Waals surface area contributed by atoms with Crippen molar-refractivity contribution in [3.63, 3.8) is 0 Å². The van der Waals surface area contributed by atoms with Gasteiger partial charge in [-0.15, -0.1) is 0 Å². The summed E-state index contributed by atoms with van der Waals surface area (Å²) in [7, 11) is 0. The Labute approximate surface area is 213 Å². The van der Waals surface area contributed by atoms with Crippen LogP contribution < -0.4 is 11.0 Å². The maximum Gasteiger partial charge on any atom is 0.333 e. The number of nitrogens with zero attached hydrogens (tertiary/aromatic N) is 4. The minimum absolute atomic E-state index is 0.0428. The minimum atomic E-state index is -0.443. The molecule has 3 heterocycles. The van der Waals surface area contributed by atoms with Crippen LogP contribution in [-0.4, -0.2) is 31.1 Å². The van der Waals surface area contributed by atoms with Crippen molar-refractivity contribution >= 4 is 28.5 Å². The summed E-state index contributed by atoms with van der Waals surface area (Å²) in [5.41, 5.74) is 3.03. The fraction of sp³-hybridized carbons (Fsp3) is 0.333. The number of amides is 1. The average molecular weight is 508 g/mol. The van der Waals surface area contributed by atoms with Crippen LogP contribution in [0, 0.1) is 25.6 Å². The van der Waals surface area contributed by atoms with Gasteiger partial charge in [-0.1, -0.05) is 17.7 Å². The van der Waals surface area contributed by atoms with Crippen molar-refractivity contribution in [1.29, 1.82) is 0 Å². The summed E-state index contributed by atoms with van der Waals surface area (Å²) >= 11 is 6.01. The van der Waals surface area contributed by atoms with Crippen LogP contribution in [0.2, 0.25) is 5.02 Å². The molecule has 0 atom stereocenters. The van der Waals surface area contributed by atoms with Gasteiger partial charge in [-0.2, -0.15) is 0 Å². The number of nitrogens with one attached hydrogen (secondary N) is 1. The van der Waals surface area contributed by atoms with Crippen LogP contribution in [0.1, 0.15) is 47.4 Å². The minimum Gasteiger partial charge on any atom is -0.349 e. The normalized spacial score (nSPS) is 17.9. The predicted molar refractivity (Wildman–Crippen MR) is 137 cm³/mol. The predicted octanol–water partition coefficient (Wildman–Crippen LogP) is 4.98. The summed E-state index contributed by atoms with van der Waals surface area (Å²) in [5, 5.41) is 3.53. The van der Waals surface area contributed by atoms with Crippen LogP contribution in [0.25, 0.3) is 16.7 Å². The first-order valence-corrected chi connectivity index (χ1v) is 12.5. The quantitative estimate of drug-likeness (QED) is 0.413. The summed E-state index contributed by atoms with van der Waals surface area (Å²) in [6, 6.07) is 10.1. The highest BCUT2D eigenvalue weighted by atomic mass is 35.5. The molecule has 0 spiro atoms. The molecule has 1 aliphatic carbocycles. The second kappa shape index (κ2) is 9.85. The number of hydrogen-bond donors (Lipinski definition) is 1. The third kappa shape index (κ3) is 4.65. The monoisotopic (exact) mass is 507 g/mol. The van der Waals surface area contributed by atoms with Gasteiger partial charge >= 0.3 is 5.69 Å². The van der Waals surface area contributed by atoms with E-state index in [0.717, 1.165) is 31.4 Å². The zero-order valence-electron chi connectivity index (χ0n) is 20.2. The van der Waals surface area contributed by atoms with E-state index in [4.69, 9.17) is 11.6 Å². The Morgan fingerprint density at radius 3 is 2.61 bits per heavy atom. The first-order valence-electron chi connectivity index (χ1n) is 12.1. The highest BCUT2D eigenvalue weighted by Crippen LogP contribution is 2.28. The van der Waals surface area contributed by atoms with Gasteiger partial charge in [0.25, 0.3) is 5.91 Å². The molecule has 1 aliphatic rings. The number of hydrogen-bond acceptors (Lipinski definition) is 4. The first-order chi connectivity index (χ1) is 17.3. The van der Waals surface area contributed by atoms with E-state index in [0.29, 0.717) is 34.0 Å². The van der Waals surface area contributed by atoms with Crippen molar-refractivity contribution in [3.05, 3.63) is 87.1 Å². The molecule has 0 radical (unpaired) electrons. The molecule has 36 heavy (non-hydrogen) atoms. The molecule has 9 heteroatoms. The number of pyridine rings is 2. The lowest BCUT2D eigenvalue weighted by Crippen LogP contribution is -2.39. The van der Waals surface area contributed by atoms with Crippen LogP contribution in [0.5, 0.6) is 0 Å². The van der Waals surface area contributed by atoms with Crippen molar-refractivity contribution in [2.45, 2.75) is 52.1 Å². The molecular weight excluding hydrogens is 481 g/mol. The van der Waals surface area contributed by atoms with E-state index in [9.17, 15) is 14.0 Å². The molecule has 0 unspecified atom stereocenters. The highest BCUT2D eigenvalue weighted by molar-refractivity contribution is 6.30. The average Bonchev–Trinajstić information content (AvgIpc) is 3.14. The maximum absolute atomic E-state index is 14.9. The molecule has 1 N–H and O–H groups in total. The number of carbonyl (C=O) groups is 1. The van der Waals surface area contributed by atoms with E-state index in [2.05, 4.69) is 15.3 Å². The molecule has 0 saturated heterocycles. The van der Waals surface area contributed by atoms with Crippen molar-refractivity contribution in [3.8, 4) is 5.69 Å². The molecule has 1 aromatic carbocycles. The van der Waals surface area contributed by atoms with Crippen molar-refractivity contribution < 1.29 is 9.18 Å². The molecule has 3 aromatic heterocycles. The van der Waals surface area contributed by atoms with Crippen molar-refractivity contribution in [1.82, 2.24) is 24.4 Å². The molecule has 0 aliphatic heterocycles. The van der Waals surface area contributed by atoms with Crippen LogP contribution in [0.4, 0.5) is 4.39 Å². The lowest BCUT2D eigenvalue weighted by Gasteiger charge is -2.29. The fourth-order valence-electron chi connectivity index (χ4n) is 5.02. The Bertz CT molecular complexity index is 1490. The Morgan fingerprint density at radius 2 is 1.89 bits per heavy atom. The van der Waals surface area contributed by atoms with E-state index in [1.54, 1.807) is 42.0 Å². The number of benzene rings is 1. The van der Waals surface area contributed by atoms with Crippen LogP contribution >= 0.6 is 11.6 Å². The largest absolute Gasteiger partial charge is 0.349 e. The standard InChI is InChI=1S/C27H27ClFN5O2/c1-16-6-11-21(14-30-16)34-25-23(29)4-3-5-24(25)33(27(34)36)15-18-7-9-20(10-8-18)32-26(35)22-12-19(28)13-31-17(22)2/h3-6,11-14,18,20H,7-10,15H2,1-2H3,(H,32,35)/t18-,20-. The van der Waals surface area contributed by atoms with E-state index >= 15 is 0 Å². The number of fused-ring (bicyclic) bond motifs is 1. The lowest BCUT2D eigenvalue weighted by atomic mass is 9.85. The van der Waals surface area contributed by atoms with Gasteiger partial charge in [0.15, 0.2) is 0 Å². The number of imidazole rings is 1. The first kappa shape index (κ1) is 24.2. The number of carbonyl (C=O) groups excluding carboxylic acids is 1. The topological polar surface area (TPSA) is 81.8 Å². The molecule has 7 nitrogen and oxygen atoms in total. The van der Waals surface area contributed by atoms with Gasteiger partial charge in [0, 0.05) is 24.5 Å². The second-order valence-electron chi connectivity index (χ2n) is 9.47. The number of rotatable bonds is 5. The summed E-state index contributed by atoms with van der Waals surface area (Å²) in [6.45, 7) is 4.14. The van der Waals surface area contributed by atoms with E-state index in [1.165, 1.54) is 16.8 Å². The van der Waals surface area contributed by atoms with Crippen LogP contribution in [-0.2, 0) is 6.54 Å². The summed E-state index contributed by atoms with van der Waals surface area (Å²) in [5.74, 6) is -0.377. The molecule has 1 fully saturated rings. The summed E-state index contributed by atoms with van der Waals surface area (Å²) in [6.07, 6.45) is 6.41. The summed E-state index contributed by atoms with van der Waals surface area (Å²) < 4.78 is 18.0. The van der Waals surface area contributed by atoms with Crippen LogP contribution in [0.3, 0.4) is 0 Å². The summed E-state index contributed by atoms with van der Waals surface area (Å²) in [4.78, 5) is 34.7. The van der Waals surface area contributed by atoms with Gasteiger partial charge in [0.2, 0.25) is 0 Å². The highest BCUT2D eigenvalue weighted by Gasteiger charge is 2.26. The Balaban J connectivity index is 1.33. The third-order valence-electron chi connectivity index (χ3n) is 6.98. The van der Waals surface area contributed by atoms with E-state index < -0.39 is 5.82 Å². The Kier molecular flexibility index (Phi) is 6.62. The van der Waals surface area contributed by atoms with Gasteiger partial charge in [0.05, 0.1) is 33.7 Å². The smallest absolute Gasteiger partial charge is 0.333 e. The van der Waals surface area contributed by atoms with Gasteiger partial charge in [-0.05, 0) is 75.8 Å². The van der Waals surface area contributed by atoms with E-state index in [1.807, 2.05) is 13.0 Å². The molecule has 5 rings (SSSR count). The molecule has 186 valence electrons. The molecule has 4 aromatic rings. The van der Waals surface area contributed by atoms with Gasteiger partial charge in [0.1, 0.15) is 11.3 Å². The number of aromatic nitrogens is 4. The van der Waals surface area contributed by atoms with Crippen molar-refractivity contribution in [2.75, 3.05) is 0 Å². The van der Waals surface area contributed by atoms with E-state index in [-0.39, 0.29) is 29.1 Å². The molecule has 1 saturated carbocycles. The fourth-order valence-corrected chi connectivity index (χ4v) is 5.18. The molecule has 1 amide bonds. The third-order valence-corrected chi connectivity index (χ3v) is 7.18. The zero-order valence-corrected chi connectivity index (χ0v) is 20.9. The second-order valence-corrected chi connectivity index (χ2v) is 9.91. The zero-order chi connectivity index (χ0) is 25.4. The number of aryl methyl sites for hydroxylation is 2. The SMILES string of the molecule is Cc1ccc(-n2c(=O)n(C[C@H]3CC[C@H](NC(=O)c4cc(Cl)cnc4C)CC3)c3cccc(F)c32)cn1.